The van der Waals surface area contributed by atoms with E-state index in [0.29, 0.717) is 17.0 Å². The maximum Gasteiger partial charge on any atom is 0.232 e. The van der Waals surface area contributed by atoms with Gasteiger partial charge in [-0.1, -0.05) is 19.4 Å². The zero-order valence-electron chi connectivity index (χ0n) is 14.6. The molecule has 7 nitrogen and oxygen atoms in total. The molecule has 0 aliphatic heterocycles. The van der Waals surface area contributed by atoms with Crippen LogP contribution in [0.25, 0.3) is 0 Å². The zero-order valence-corrected chi connectivity index (χ0v) is 15.4. The van der Waals surface area contributed by atoms with E-state index < -0.39 is 0 Å². The van der Waals surface area contributed by atoms with Crippen LogP contribution < -0.4 is 11.1 Å². The average Bonchev–Trinajstić information content (AvgIpc) is 3.37. The van der Waals surface area contributed by atoms with Crippen molar-refractivity contribution in [2.45, 2.75) is 48.6 Å². The number of rotatable bonds is 7. The number of hydrogen-bond acceptors (Lipinski definition) is 7. The molecule has 0 bridgehead atoms. The Kier molecular flexibility index (Phi) is 4.75. The minimum atomic E-state index is 0.438. The van der Waals surface area contributed by atoms with E-state index >= 15 is 0 Å². The number of nitrogen functional groups attached to an aromatic ring is 1. The molecule has 0 atom stereocenters. The van der Waals surface area contributed by atoms with Crippen molar-refractivity contribution >= 4 is 29.2 Å². The Morgan fingerprint density at radius 1 is 1.23 bits per heavy atom. The van der Waals surface area contributed by atoms with Crippen LogP contribution in [0.5, 0.6) is 0 Å². The van der Waals surface area contributed by atoms with Crippen LogP contribution in [0.4, 0.5) is 17.5 Å². The first-order chi connectivity index (χ1) is 12.7. The summed E-state index contributed by atoms with van der Waals surface area (Å²) < 4.78 is 0. The molecule has 26 heavy (non-hydrogen) atoms. The number of hydrogen-bond donors (Lipinski definition) is 3. The van der Waals surface area contributed by atoms with Crippen LogP contribution in [0, 0.1) is 0 Å². The molecule has 0 amide bonds. The first kappa shape index (κ1) is 16.8. The molecule has 3 aromatic rings. The number of nitrogens with two attached hydrogens (primary N) is 1. The van der Waals surface area contributed by atoms with Crippen molar-refractivity contribution in [2.24, 2.45) is 0 Å². The highest BCUT2D eigenvalue weighted by Crippen LogP contribution is 2.39. The van der Waals surface area contributed by atoms with Crippen LogP contribution >= 0.6 is 11.8 Å². The summed E-state index contributed by atoms with van der Waals surface area (Å²) in [5, 5.41) is 11.2. The minimum Gasteiger partial charge on any atom is -0.399 e. The number of anilines is 3. The predicted molar refractivity (Wildman–Crippen MR) is 103 cm³/mol. The summed E-state index contributed by atoms with van der Waals surface area (Å²) in [6, 6.07) is 9.71. The van der Waals surface area contributed by atoms with E-state index in [9.17, 15) is 0 Å². The molecular formula is C18H21N7S. The summed E-state index contributed by atoms with van der Waals surface area (Å²) in [7, 11) is 0. The van der Waals surface area contributed by atoms with Gasteiger partial charge in [-0.25, -0.2) is 4.98 Å². The Morgan fingerprint density at radius 3 is 2.88 bits per heavy atom. The molecule has 134 valence electrons. The molecule has 0 saturated heterocycles. The average molecular weight is 367 g/mol. The van der Waals surface area contributed by atoms with E-state index in [-0.39, 0.29) is 0 Å². The van der Waals surface area contributed by atoms with Crippen LogP contribution in [0.2, 0.25) is 0 Å². The van der Waals surface area contributed by atoms with Gasteiger partial charge in [0.05, 0.1) is 0 Å². The summed E-state index contributed by atoms with van der Waals surface area (Å²) in [6.07, 6.45) is 4.31. The largest absolute Gasteiger partial charge is 0.399 e. The van der Waals surface area contributed by atoms with E-state index in [4.69, 9.17) is 5.73 Å². The monoisotopic (exact) mass is 367 g/mol. The molecule has 0 unspecified atom stereocenters. The molecule has 1 aliphatic carbocycles. The Balaban J connectivity index is 1.58. The normalized spacial score (nSPS) is 13.7. The number of nitrogens with one attached hydrogen (secondary N) is 2. The summed E-state index contributed by atoms with van der Waals surface area (Å²) in [6.45, 7) is 2.14. The van der Waals surface area contributed by atoms with E-state index in [1.54, 1.807) is 0 Å². The fourth-order valence-electron chi connectivity index (χ4n) is 2.62. The van der Waals surface area contributed by atoms with Gasteiger partial charge in [0.25, 0.3) is 0 Å². The molecule has 4 N–H and O–H groups in total. The molecule has 1 saturated carbocycles. The highest BCUT2D eigenvalue weighted by Gasteiger charge is 2.28. The highest BCUT2D eigenvalue weighted by atomic mass is 32.2. The summed E-state index contributed by atoms with van der Waals surface area (Å²) in [5.41, 5.74) is 7.69. The number of aromatic nitrogens is 5. The van der Waals surface area contributed by atoms with Crippen molar-refractivity contribution in [1.82, 2.24) is 25.1 Å². The zero-order chi connectivity index (χ0) is 17.9. The van der Waals surface area contributed by atoms with Crippen molar-refractivity contribution < 1.29 is 0 Å². The molecule has 1 aliphatic rings. The van der Waals surface area contributed by atoms with Crippen LogP contribution in [0.1, 0.15) is 43.6 Å². The fraction of sp³-hybridized carbons (Fsp3) is 0.333. The van der Waals surface area contributed by atoms with Gasteiger partial charge in [-0.05, 0) is 49.2 Å². The maximum atomic E-state index is 5.87. The first-order valence-corrected chi connectivity index (χ1v) is 9.62. The van der Waals surface area contributed by atoms with Crippen molar-refractivity contribution in [3.05, 3.63) is 41.9 Å². The highest BCUT2D eigenvalue weighted by molar-refractivity contribution is 7.99. The number of nitrogens with zero attached hydrogens (tertiary/aromatic N) is 4. The molecule has 2 aromatic heterocycles. The summed E-state index contributed by atoms with van der Waals surface area (Å²) in [4.78, 5) is 14.8. The van der Waals surface area contributed by atoms with Crippen molar-refractivity contribution in [3.63, 3.8) is 0 Å². The fourth-order valence-corrected chi connectivity index (χ4v) is 3.44. The summed E-state index contributed by atoms with van der Waals surface area (Å²) >= 11 is 1.49. The Bertz CT molecular complexity index is 904. The molecule has 1 fully saturated rings. The van der Waals surface area contributed by atoms with E-state index in [1.165, 1.54) is 11.8 Å². The second kappa shape index (κ2) is 7.33. The molecule has 8 heteroatoms. The molecule has 1 aromatic carbocycles. The van der Waals surface area contributed by atoms with E-state index in [0.717, 1.165) is 53.6 Å². The summed E-state index contributed by atoms with van der Waals surface area (Å²) in [5.74, 6) is 2.54. The third-order valence-electron chi connectivity index (χ3n) is 4.03. The Morgan fingerprint density at radius 2 is 2.12 bits per heavy atom. The second-order valence-corrected chi connectivity index (χ2v) is 7.44. The molecular weight excluding hydrogens is 346 g/mol. The molecule has 4 rings (SSSR count). The van der Waals surface area contributed by atoms with Crippen LogP contribution in [0.15, 0.2) is 40.4 Å². The lowest BCUT2D eigenvalue weighted by Gasteiger charge is -2.07. The topological polar surface area (TPSA) is 105 Å². The quantitative estimate of drug-likeness (QED) is 0.544. The first-order valence-electron chi connectivity index (χ1n) is 8.80. The lowest BCUT2D eigenvalue weighted by Crippen LogP contribution is -2.04. The van der Waals surface area contributed by atoms with Gasteiger partial charge < -0.3 is 11.1 Å². The van der Waals surface area contributed by atoms with Crippen LogP contribution in [-0.2, 0) is 6.42 Å². The number of benzene rings is 1. The van der Waals surface area contributed by atoms with Crippen molar-refractivity contribution in [3.8, 4) is 0 Å². The molecule has 0 radical (unpaired) electrons. The lowest BCUT2D eigenvalue weighted by atomic mass is 10.2. The third-order valence-corrected chi connectivity index (χ3v) is 4.89. The predicted octanol–water partition coefficient (Wildman–Crippen LogP) is 3.90. The van der Waals surface area contributed by atoms with Crippen molar-refractivity contribution in [1.29, 1.82) is 0 Å². The third kappa shape index (κ3) is 4.13. The number of aryl methyl sites for hydroxylation is 1. The van der Waals surface area contributed by atoms with Gasteiger partial charge in [-0.3, -0.25) is 5.10 Å². The maximum absolute atomic E-state index is 5.87. The molecule has 0 spiro atoms. The van der Waals surface area contributed by atoms with Gasteiger partial charge in [0, 0.05) is 28.3 Å². The van der Waals surface area contributed by atoms with Crippen LogP contribution in [-0.4, -0.2) is 25.1 Å². The van der Waals surface area contributed by atoms with E-state index in [2.05, 4.69) is 37.4 Å². The van der Waals surface area contributed by atoms with Crippen LogP contribution in [0.3, 0.4) is 0 Å². The Labute approximate surface area is 156 Å². The number of H-pyrrole nitrogens is 1. The molecule has 2 heterocycles. The van der Waals surface area contributed by atoms with Gasteiger partial charge in [-0.2, -0.15) is 15.1 Å². The minimum absolute atomic E-state index is 0.438. The standard InChI is InChI=1S/C18H21N7S/c1-2-4-13-10-15(25-24-13)20-17-21-16(11-7-8-11)22-18(23-17)26-14-6-3-5-12(19)9-14/h3,5-6,9-11H,2,4,7-8,19H2,1H3,(H2,20,21,22,23,24,25). The van der Waals surface area contributed by atoms with Crippen molar-refractivity contribution in [2.75, 3.05) is 11.1 Å². The van der Waals surface area contributed by atoms with Gasteiger partial charge in [0.1, 0.15) is 5.82 Å². The second-order valence-electron chi connectivity index (χ2n) is 6.40. The SMILES string of the molecule is CCCc1cc(Nc2nc(Sc3cccc(N)c3)nc(C3CC3)n2)n[nH]1. The van der Waals surface area contributed by atoms with Gasteiger partial charge in [0.15, 0.2) is 11.0 Å². The van der Waals surface area contributed by atoms with E-state index in [1.807, 2.05) is 30.3 Å². The smallest absolute Gasteiger partial charge is 0.232 e. The Hall–Kier alpha value is -2.61. The van der Waals surface area contributed by atoms with Gasteiger partial charge in [0.2, 0.25) is 5.95 Å². The van der Waals surface area contributed by atoms with Gasteiger partial charge in [-0.15, -0.1) is 0 Å². The number of aromatic amines is 1. The lowest BCUT2D eigenvalue weighted by molar-refractivity contribution is 0.814. The van der Waals surface area contributed by atoms with Gasteiger partial charge >= 0.3 is 0 Å².